The molecular weight excluding hydrogens is 474 g/mol. The molecular formula is C24H20BrN3O4. The number of anilines is 1. The van der Waals surface area contributed by atoms with E-state index in [0.29, 0.717) is 16.8 Å². The number of benzene rings is 3. The molecule has 32 heavy (non-hydrogen) atoms. The number of ether oxygens (including phenoxy) is 1. The van der Waals surface area contributed by atoms with Crippen molar-refractivity contribution in [1.29, 1.82) is 0 Å². The lowest BCUT2D eigenvalue weighted by Gasteiger charge is -2.09. The first-order valence-corrected chi connectivity index (χ1v) is 10.4. The third-order valence-corrected chi connectivity index (χ3v) is 4.92. The average Bonchev–Trinajstić information content (AvgIpc) is 2.77. The van der Waals surface area contributed by atoms with Crippen LogP contribution in [0.3, 0.4) is 0 Å². The van der Waals surface area contributed by atoms with Crippen molar-refractivity contribution in [2.45, 2.75) is 13.8 Å². The van der Waals surface area contributed by atoms with E-state index in [9.17, 15) is 14.4 Å². The van der Waals surface area contributed by atoms with Crippen molar-refractivity contribution in [3.8, 4) is 5.75 Å². The van der Waals surface area contributed by atoms with E-state index < -0.39 is 17.8 Å². The Balaban J connectivity index is 1.67. The normalized spacial score (nSPS) is 10.6. The predicted molar refractivity (Wildman–Crippen MR) is 126 cm³/mol. The van der Waals surface area contributed by atoms with E-state index in [0.717, 1.165) is 15.6 Å². The summed E-state index contributed by atoms with van der Waals surface area (Å²) in [5, 5.41) is 6.31. The molecule has 0 atom stereocenters. The molecule has 0 bridgehead atoms. The Morgan fingerprint density at radius 3 is 2.38 bits per heavy atom. The number of hydrogen-bond donors (Lipinski definition) is 2. The fourth-order valence-corrected chi connectivity index (χ4v) is 3.08. The maximum Gasteiger partial charge on any atom is 0.343 e. The van der Waals surface area contributed by atoms with Gasteiger partial charge in [-0.25, -0.2) is 10.2 Å². The summed E-state index contributed by atoms with van der Waals surface area (Å²) >= 11 is 3.35. The van der Waals surface area contributed by atoms with E-state index in [2.05, 4.69) is 31.8 Å². The summed E-state index contributed by atoms with van der Waals surface area (Å²) in [5.74, 6) is -2.05. The molecule has 0 unspecified atom stereocenters. The number of halogens is 1. The Morgan fingerprint density at radius 1 is 0.938 bits per heavy atom. The van der Waals surface area contributed by atoms with E-state index in [1.165, 1.54) is 6.21 Å². The summed E-state index contributed by atoms with van der Waals surface area (Å²) in [6, 6.07) is 19.1. The number of aryl methyl sites for hydroxylation is 2. The smallest absolute Gasteiger partial charge is 0.343 e. The zero-order valence-electron chi connectivity index (χ0n) is 17.4. The molecule has 7 nitrogen and oxygen atoms in total. The molecule has 0 saturated carbocycles. The molecule has 3 aromatic rings. The van der Waals surface area contributed by atoms with Crippen LogP contribution < -0.4 is 15.5 Å². The number of nitrogens with one attached hydrogen (secondary N) is 2. The van der Waals surface area contributed by atoms with Gasteiger partial charge in [0, 0.05) is 15.7 Å². The van der Waals surface area contributed by atoms with Crippen LogP contribution >= 0.6 is 15.9 Å². The summed E-state index contributed by atoms with van der Waals surface area (Å²) in [6.45, 7) is 3.74. The SMILES string of the molecule is Cc1ccc(NC(=O)C(=O)N/N=C\c2cc(Br)ccc2OC(=O)c2ccccc2C)cc1. The quantitative estimate of drug-likeness (QED) is 0.181. The predicted octanol–water partition coefficient (Wildman–Crippen LogP) is 4.37. The topological polar surface area (TPSA) is 96.9 Å². The molecule has 3 aromatic carbocycles. The minimum Gasteiger partial charge on any atom is -0.422 e. The van der Waals surface area contributed by atoms with Crippen molar-refractivity contribution in [2.75, 3.05) is 5.32 Å². The number of esters is 1. The van der Waals surface area contributed by atoms with Gasteiger partial charge in [0.25, 0.3) is 0 Å². The minimum atomic E-state index is -0.935. The first-order chi connectivity index (χ1) is 15.3. The molecule has 8 heteroatoms. The summed E-state index contributed by atoms with van der Waals surface area (Å²) in [6.07, 6.45) is 1.29. The Labute approximate surface area is 193 Å². The highest BCUT2D eigenvalue weighted by Crippen LogP contribution is 2.23. The van der Waals surface area contributed by atoms with Gasteiger partial charge >= 0.3 is 17.8 Å². The Kier molecular flexibility index (Phi) is 7.51. The van der Waals surface area contributed by atoms with Crippen LogP contribution in [0, 0.1) is 13.8 Å². The first kappa shape index (κ1) is 22.9. The second-order valence-electron chi connectivity index (χ2n) is 6.91. The van der Waals surface area contributed by atoms with Gasteiger partial charge in [0.2, 0.25) is 0 Å². The fraction of sp³-hybridized carbons (Fsp3) is 0.0833. The zero-order chi connectivity index (χ0) is 23.1. The zero-order valence-corrected chi connectivity index (χ0v) is 19.0. The monoisotopic (exact) mass is 493 g/mol. The van der Waals surface area contributed by atoms with Crippen LogP contribution in [0.5, 0.6) is 5.75 Å². The number of nitrogens with zero attached hydrogens (tertiary/aromatic N) is 1. The van der Waals surface area contributed by atoms with Gasteiger partial charge in [-0.3, -0.25) is 9.59 Å². The van der Waals surface area contributed by atoms with Gasteiger partial charge in [-0.1, -0.05) is 51.8 Å². The summed E-state index contributed by atoms with van der Waals surface area (Å²) in [7, 11) is 0. The molecule has 3 rings (SSSR count). The van der Waals surface area contributed by atoms with Crippen molar-refractivity contribution in [3.05, 3.63) is 93.5 Å². The van der Waals surface area contributed by atoms with Crippen molar-refractivity contribution >= 4 is 45.6 Å². The second kappa shape index (κ2) is 10.5. The van der Waals surface area contributed by atoms with Gasteiger partial charge < -0.3 is 10.1 Å². The van der Waals surface area contributed by atoms with E-state index in [1.54, 1.807) is 42.5 Å². The highest BCUT2D eigenvalue weighted by atomic mass is 79.9. The number of amides is 2. The van der Waals surface area contributed by atoms with Gasteiger partial charge in [0.1, 0.15) is 5.75 Å². The molecule has 162 valence electrons. The second-order valence-corrected chi connectivity index (χ2v) is 7.82. The van der Waals surface area contributed by atoms with E-state index >= 15 is 0 Å². The number of hydrogen-bond acceptors (Lipinski definition) is 5. The minimum absolute atomic E-state index is 0.253. The van der Waals surface area contributed by atoms with E-state index in [1.807, 2.05) is 38.1 Å². The van der Waals surface area contributed by atoms with Crippen LogP contribution in [0.25, 0.3) is 0 Å². The average molecular weight is 494 g/mol. The van der Waals surface area contributed by atoms with Crippen LogP contribution in [-0.2, 0) is 9.59 Å². The maximum absolute atomic E-state index is 12.5. The largest absolute Gasteiger partial charge is 0.422 e. The lowest BCUT2D eigenvalue weighted by atomic mass is 10.1. The van der Waals surface area contributed by atoms with Gasteiger partial charge in [-0.15, -0.1) is 0 Å². The van der Waals surface area contributed by atoms with Crippen LogP contribution in [0.4, 0.5) is 5.69 Å². The van der Waals surface area contributed by atoms with Crippen molar-refractivity contribution in [2.24, 2.45) is 5.10 Å². The molecule has 2 amide bonds. The maximum atomic E-state index is 12.5. The molecule has 0 aliphatic heterocycles. The summed E-state index contributed by atoms with van der Waals surface area (Å²) in [5.41, 5.74) is 5.36. The van der Waals surface area contributed by atoms with E-state index in [4.69, 9.17) is 4.74 Å². The van der Waals surface area contributed by atoms with Gasteiger partial charge in [0.05, 0.1) is 11.8 Å². The highest BCUT2D eigenvalue weighted by Gasteiger charge is 2.15. The van der Waals surface area contributed by atoms with Crippen LogP contribution in [0.2, 0.25) is 0 Å². The highest BCUT2D eigenvalue weighted by molar-refractivity contribution is 9.10. The van der Waals surface area contributed by atoms with Crippen molar-refractivity contribution < 1.29 is 19.1 Å². The first-order valence-electron chi connectivity index (χ1n) is 9.62. The molecule has 0 fully saturated rings. The number of hydrazone groups is 1. The molecule has 0 aliphatic carbocycles. The molecule has 0 spiro atoms. The van der Waals surface area contributed by atoms with Crippen molar-refractivity contribution in [3.63, 3.8) is 0 Å². The Hall–Kier alpha value is -3.78. The molecule has 0 aromatic heterocycles. The lowest BCUT2D eigenvalue weighted by molar-refractivity contribution is -0.136. The van der Waals surface area contributed by atoms with Crippen LogP contribution in [0.15, 0.2) is 76.3 Å². The van der Waals surface area contributed by atoms with Gasteiger partial charge in [0.15, 0.2) is 0 Å². The summed E-state index contributed by atoms with van der Waals surface area (Å²) in [4.78, 5) is 36.6. The number of carbonyl (C=O) groups excluding carboxylic acids is 3. The number of carbonyl (C=O) groups is 3. The summed E-state index contributed by atoms with van der Waals surface area (Å²) < 4.78 is 6.24. The molecule has 2 N–H and O–H groups in total. The van der Waals surface area contributed by atoms with Gasteiger partial charge in [-0.05, 0) is 55.8 Å². The molecule has 0 saturated heterocycles. The molecule has 0 heterocycles. The third kappa shape index (κ3) is 6.12. The lowest BCUT2D eigenvalue weighted by Crippen LogP contribution is -2.32. The standard InChI is InChI=1S/C24H20BrN3O4/c1-15-7-10-19(11-8-15)27-22(29)23(30)28-26-14-17-13-18(25)9-12-21(17)32-24(31)20-6-4-3-5-16(20)2/h3-14H,1-2H3,(H,27,29)(H,28,30)/b26-14-. The van der Waals surface area contributed by atoms with Crippen LogP contribution in [0.1, 0.15) is 27.0 Å². The molecule has 0 radical (unpaired) electrons. The Bertz CT molecular complexity index is 1190. The van der Waals surface area contributed by atoms with Gasteiger partial charge in [-0.2, -0.15) is 5.10 Å². The third-order valence-electron chi connectivity index (χ3n) is 4.42. The Morgan fingerprint density at radius 2 is 1.66 bits per heavy atom. The van der Waals surface area contributed by atoms with E-state index in [-0.39, 0.29) is 5.75 Å². The van der Waals surface area contributed by atoms with Crippen LogP contribution in [-0.4, -0.2) is 24.0 Å². The fourth-order valence-electron chi connectivity index (χ4n) is 2.71. The number of rotatable bonds is 5. The van der Waals surface area contributed by atoms with Crippen molar-refractivity contribution in [1.82, 2.24) is 5.43 Å². The molecule has 0 aliphatic rings.